The van der Waals surface area contributed by atoms with Gasteiger partial charge >= 0.3 is 0 Å². The Morgan fingerprint density at radius 2 is 2.00 bits per heavy atom. The molecule has 4 heteroatoms. The van der Waals surface area contributed by atoms with Gasteiger partial charge in [0.25, 0.3) is 0 Å². The Labute approximate surface area is 106 Å². The van der Waals surface area contributed by atoms with Gasteiger partial charge in [0.2, 0.25) is 0 Å². The van der Waals surface area contributed by atoms with Crippen LogP contribution in [0.5, 0.6) is 0 Å². The second-order valence-electron chi connectivity index (χ2n) is 4.36. The minimum absolute atomic E-state index is 0.180. The third-order valence-corrected chi connectivity index (χ3v) is 2.85. The Kier molecular flexibility index (Phi) is 3.46. The minimum atomic E-state index is -0.180. The predicted molar refractivity (Wildman–Crippen MR) is 71.9 cm³/mol. The van der Waals surface area contributed by atoms with Gasteiger partial charge in [0, 0.05) is 6.54 Å². The maximum Gasteiger partial charge on any atom is 0.126 e. The molecule has 0 bridgehead atoms. The molecule has 2 aromatic rings. The van der Waals surface area contributed by atoms with Crippen LogP contribution >= 0.6 is 0 Å². The van der Waals surface area contributed by atoms with Crippen molar-refractivity contribution in [2.75, 3.05) is 11.1 Å². The molecule has 0 atom stereocenters. The van der Waals surface area contributed by atoms with Crippen molar-refractivity contribution in [3.8, 4) is 0 Å². The number of nitrogens with zero attached hydrogens (tertiary/aromatic N) is 1. The van der Waals surface area contributed by atoms with Crippen molar-refractivity contribution in [1.29, 1.82) is 0 Å². The number of pyridine rings is 1. The second-order valence-corrected chi connectivity index (χ2v) is 4.36. The fraction of sp³-hybridized carbons (Fsp3) is 0.214. The fourth-order valence-corrected chi connectivity index (χ4v) is 1.67. The number of nitrogens with one attached hydrogen (secondary N) is 1. The lowest BCUT2D eigenvalue weighted by molar-refractivity contribution is 0.617. The highest BCUT2D eigenvalue weighted by molar-refractivity contribution is 5.51. The van der Waals surface area contributed by atoms with E-state index < -0.39 is 0 Å². The van der Waals surface area contributed by atoms with Crippen molar-refractivity contribution in [3.63, 3.8) is 0 Å². The molecule has 2 rings (SSSR count). The van der Waals surface area contributed by atoms with Crippen LogP contribution in [0.2, 0.25) is 0 Å². The van der Waals surface area contributed by atoms with E-state index in [1.54, 1.807) is 19.2 Å². The summed E-state index contributed by atoms with van der Waals surface area (Å²) in [5, 5.41) is 3.19. The topological polar surface area (TPSA) is 50.9 Å². The van der Waals surface area contributed by atoms with Crippen LogP contribution in [-0.2, 0) is 6.54 Å². The van der Waals surface area contributed by atoms with Gasteiger partial charge in [-0.15, -0.1) is 0 Å². The van der Waals surface area contributed by atoms with E-state index in [2.05, 4.69) is 10.3 Å². The van der Waals surface area contributed by atoms with Gasteiger partial charge in [0.15, 0.2) is 0 Å². The summed E-state index contributed by atoms with van der Waals surface area (Å²) in [5.41, 5.74) is 9.04. The standard InChI is InChI=1S/C14H16FN3/c1-9-5-11(3-4-12(9)15)7-17-14-6-10(2)13(16)8-18-14/h3-6,8H,7,16H2,1-2H3,(H,17,18). The number of anilines is 2. The molecule has 0 aliphatic heterocycles. The van der Waals surface area contributed by atoms with Gasteiger partial charge in [-0.1, -0.05) is 12.1 Å². The molecule has 0 spiro atoms. The summed E-state index contributed by atoms with van der Waals surface area (Å²) in [6, 6.07) is 6.96. The summed E-state index contributed by atoms with van der Waals surface area (Å²) in [5.74, 6) is 0.587. The zero-order chi connectivity index (χ0) is 13.1. The number of aromatic nitrogens is 1. The number of rotatable bonds is 3. The van der Waals surface area contributed by atoms with Crippen molar-refractivity contribution >= 4 is 11.5 Å². The SMILES string of the molecule is Cc1cc(NCc2ccc(F)c(C)c2)ncc1N. The highest BCUT2D eigenvalue weighted by Gasteiger charge is 2.01. The molecule has 0 aliphatic carbocycles. The van der Waals surface area contributed by atoms with E-state index in [4.69, 9.17) is 5.73 Å². The van der Waals surface area contributed by atoms with Crippen LogP contribution in [-0.4, -0.2) is 4.98 Å². The number of benzene rings is 1. The summed E-state index contributed by atoms with van der Waals surface area (Å²) in [6.45, 7) is 4.30. The summed E-state index contributed by atoms with van der Waals surface area (Å²) in [4.78, 5) is 4.18. The molecule has 1 aromatic carbocycles. The van der Waals surface area contributed by atoms with E-state index >= 15 is 0 Å². The zero-order valence-electron chi connectivity index (χ0n) is 10.5. The lowest BCUT2D eigenvalue weighted by atomic mass is 10.1. The molecule has 3 N–H and O–H groups in total. The highest BCUT2D eigenvalue weighted by atomic mass is 19.1. The van der Waals surface area contributed by atoms with Gasteiger partial charge in [0.05, 0.1) is 11.9 Å². The van der Waals surface area contributed by atoms with E-state index in [0.717, 1.165) is 16.9 Å². The Hall–Kier alpha value is -2.10. The van der Waals surface area contributed by atoms with E-state index in [-0.39, 0.29) is 5.82 Å². The van der Waals surface area contributed by atoms with Crippen LogP contribution in [0.4, 0.5) is 15.9 Å². The molecule has 0 radical (unpaired) electrons. The van der Waals surface area contributed by atoms with Crippen molar-refractivity contribution in [2.24, 2.45) is 0 Å². The summed E-state index contributed by atoms with van der Waals surface area (Å²) in [7, 11) is 0. The highest BCUT2D eigenvalue weighted by Crippen LogP contribution is 2.15. The molecule has 94 valence electrons. The lowest BCUT2D eigenvalue weighted by Crippen LogP contribution is -2.03. The van der Waals surface area contributed by atoms with Crippen LogP contribution in [0, 0.1) is 19.7 Å². The Morgan fingerprint density at radius 1 is 1.22 bits per heavy atom. The average Bonchev–Trinajstić information content (AvgIpc) is 2.35. The first-order chi connectivity index (χ1) is 8.56. The van der Waals surface area contributed by atoms with Crippen molar-refractivity contribution < 1.29 is 4.39 Å². The molecule has 1 heterocycles. The molecule has 1 aromatic heterocycles. The Balaban J connectivity index is 2.06. The van der Waals surface area contributed by atoms with Crippen LogP contribution in [0.1, 0.15) is 16.7 Å². The maximum absolute atomic E-state index is 13.1. The first kappa shape index (κ1) is 12.4. The van der Waals surface area contributed by atoms with Crippen molar-refractivity contribution in [2.45, 2.75) is 20.4 Å². The monoisotopic (exact) mass is 245 g/mol. The average molecular weight is 245 g/mol. The predicted octanol–water partition coefficient (Wildman–Crippen LogP) is 3.03. The second kappa shape index (κ2) is 5.04. The summed E-state index contributed by atoms with van der Waals surface area (Å²) in [6.07, 6.45) is 1.63. The molecular weight excluding hydrogens is 229 g/mol. The number of hydrogen-bond acceptors (Lipinski definition) is 3. The first-order valence-corrected chi connectivity index (χ1v) is 5.77. The van der Waals surface area contributed by atoms with Crippen LogP contribution < -0.4 is 11.1 Å². The summed E-state index contributed by atoms with van der Waals surface area (Å²) >= 11 is 0. The normalized spacial score (nSPS) is 10.4. The molecule has 0 unspecified atom stereocenters. The molecule has 18 heavy (non-hydrogen) atoms. The smallest absolute Gasteiger partial charge is 0.126 e. The molecule has 3 nitrogen and oxygen atoms in total. The van der Waals surface area contributed by atoms with E-state index in [1.807, 2.05) is 19.1 Å². The van der Waals surface area contributed by atoms with Crippen LogP contribution in [0.3, 0.4) is 0 Å². The lowest BCUT2D eigenvalue weighted by Gasteiger charge is -2.08. The fourth-order valence-electron chi connectivity index (χ4n) is 1.67. The van der Waals surface area contributed by atoms with Crippen LogP contribution in [0.15, 0.2) is 30.5 Å². The molecule has 0 aliphatic rings. The zero-order valence-corrected chi connectivity index (χ0v) is 10.5. The quantitative estimate of drug-likeness (QED) is 0.873. The minimum Gasteiger partial charge on any atom is -0.397 e. The molecular formula is C14H16FN3. The Morgan fingerprint density at radius 3 is 2.67 bits per heavy atom. The summed E-state index contributed by atoms with van der Waals surface area (Å²) < 4.78 is 13.1. The van der Waals surface area contributed by atoms with Crippen LogP contribution in [0.25, 0.3) is 0 Å². The van der Waals surface area contributed by atoms with Gasteiger partial charge in [-0.25, -0.2) is 9.37 Å². The number of nitrogens with two attached hydrogens (primary N) is 1. The van der Waals surface area contributed by atoms with E-state index in [1.165, 1.54) is 6.07 Å². The third kappa shape index (κ3) is 2.77. The number of aryl methyl sites for hydroxylation is 2. The Bertz CT molecular complexity index is 515. The van der Waals surface area contributed by atoms with Gasteiger partial charge in [0.1, 0.15) is 11.6 Å². The number of nitrogen functional groups attached to an aromatic ring is 1. The van der Waals surface area contributed by atoms with E-state index in [9.17, 15) is 4.39 Å². The van der Waals surface area contributed by atoms with Crippen molar-refractivity contribution in [3.05, 3.63) is 53.0 Å². The van der Waals surface area contributed by atoms with Crippen molar-refractivity contribution in [1.82, 2.24) is 4.98 Å². The van der Waals surface area contributed by atoms with Gasteiger partial charge in [-0.3, -0.25) is 0 Å². The number of halogens is 1. The molecule has 0 fully saturated rings. The first-order valence-electron chi connectivity index (χ1n) is 5.77. The maximum atomic E-state index is 13.1. The van der Waals surface area contributed by atoms with Gasteiger partial charge < -0.3 is 11.1 Å². The molecule has 0 saturated carbocycles. The number of hydrogen-bond donors (Lipinski definition) is 2. The van der Waals surface area contributed by atoms with Gasteiger partial charge in [-0.2, -0.15) is 0 Å². The van der Waals surface area contributed by atoms with Gasteiger partial charge in [-0.05, 0) is 42.7 Å². The van der Waals surface area contributed by atoms with E-state index in [0.29, 0.717) is 17.8 Å². The molecule has 0 saturated heterocycles. The molecule has 0 amide bonds. The largest absolute Gasteiger partial charge is 0.397 e. The third-order valence-electron chi connectivity index (χ3n) is 2.85.